The van der Waals surface area contributed by atoms with Gasteiger partial charge in [-0.25, -0.2) is 0 Å². The monoisotopic (exact) mass is 283 g/mol. The summed E-state index contributed by atoms with van der Waals surface area (Å²) in [6.45, 7) is 2.21. The van der Waals surface area contributed by atoms with Gasteiger partial charge in [-0.3, -0.25) is 9.69 Å². The zero-order valence-corrected chi connectivity index (χ0v) is 13.1. The van der Waals surface area contributed by atoms with Crippen LogP contribution >= 0.6 is 0 Å². The quantitative estimate of drug-likeness (QED) is 0.788. The standard InChI is InChI=1S/C15H29N3O2/c1-16-15(14(19)20)8-4-6-12(10-15)18-9-5-7-13(18)11-17(2)3/h12-13,16H,4-11H2,1-3H3,(H,19,20). The van der Waals surface area contributed by atoms with Crippen LogP contribution in [0.3, 0.4) is 0 Å². The van der Waals surface area contributed by atoms with Crippen molar-refractivity contribution in [3.63, 3.8) is 0 Å². The number of aliphatic carboxylic acids is 1. The Labute approximate surface area is 122 Å². The number of carboxylic acid groups (broad SMARTS) is 1. The average Bonchev–Trinajstić information content (AvgIpc) is 2.85. The molecule has 0 aromatic heterocycles. The molecular weight excluding hydrogens is 254 g/mol. The molecule has 2 N–H and O–H groups in total. The van der Waals surface area contributed by atoms with Gasteiger partial charge in [-0.05, 0) is 66.2 Å². The maximum Gasteiger partial charge on any atom is 0.323 e. The fraction of sp³-hybridized carbons (Fsp3) is 0.933. The van der Waals surface area contributed by atoms with Gasteiger partial charge in [0.25, 0.3) is 0 Å². The van der Waals surface area contributed by atoms with Gasteiger partial charge in [-0.1, -0.05) is 0 Å². The van der Waals surface area contributed by atoms with Gasteiger partial charge >= 0.3 is 5.97 Å². The highest BCUT2D eigenvalue weighted by molar-refractivity contribution is 5.79. The maximum absolute atomic E-state index is 11.6. The highest BCUT2D eigenvalue weighted by Crippen LogP contribution is 2.34. The van der Waals surface area contributed by atoms with Gasteiger partial charge in [0.15, 0.2) is 0 Å². The molecule has 1 heterocycles. The molecule has 5 heteroatoms. The zero-order chi connectivity index (χ0) is 14.8. The van der Waals surface area contributed by atoms with Gasteiger partial charge in [0.1, 0.15) is 5.54 Å². The molecule has 3 unspecified atom stereocenters. The summed E-state index contributed by atoms with van der Waals surface area (Å²) in [7, 11) is 6.02. The van der Waals surface area contributed by atoms with E-state index >= 15 is 0 Å². The zero-order valence-electron chi connectivity index (χ0n) is 13.1. The van der Waals surface area contributed by atoms with Crippen LogP contribution in [0.15, 0.2) is 0 Å². The summed E-state index contributed by atoms with van der Waals surface area (Å²) in [6, 6.07) is 1.01. The molecule has 0 aromatic rings. The molecular formula is C15H29N3O2. The highest BCUT2D eigenvalue weighted by atomic mass is 16.4. The Morgan fingerprint density at radius 3 is 2.75 bits per heavy atom. The first-order valence-corrected chi connectivity index (χ1v) is 7.81. The molecule has 5 nitrogen and oxygen atoms in total. The molecule has 1 saturated carbocycles. The second kappa shape index (κ2) is 6.41. The Morgan fingerprint density at radius 2 is 2.15 bits per heavy atom. The molecule has 2 aliphatic rings. The summed E-state index contributed by atoms with van der Waals surface area (Å²) < 4.78 is 0. The van der Waals surface area contributed by atoms with E-state index in [1.807, 2.05) is 0 Å². The van der Waals surface area contributed by atoms with Crippen LogP contribution in [0, 0.1) is 0 Å². The van der Waals surface area contributed by atoms with Crippen LogP contribution in [0.5, 0.6) is 0 Å². The predicted molar refractivity (Wildman–Crippen MR) is 80.0 cm³/mol. The molecule has 0 bridgehead atoms. The van der Waals surface area contributed by atoms with E-state index in [2.05, 4.69) is 29.2 Å². The number of nitrogens with one attached hydrogen (secondary N) is 1. The second-order valence-electron chi connectivity index (χ2n) is 6.68. The number of likely N-dealkylation sites (N-methyl/N-ethyl adjacent to an activating group) is 2. The van der Waals surface area contributed by atoms with Crippen LogP contribution in [-0.4, -0.2) is 72.7 Å². The minimum absolute atomic E-state index is 0.416. The fourth-order valence-corrected chi connectivity index (χ4v) is 4.01. The van der Waals surface area contributed by atoms with E-state index < -0.39 is 11.5 Å². The first-order valence-electron chi connectivity index (χ1n) is 7.81. The number of carboxylic acids is 1. The van der Waals surface area contributed by atoms with Crippen molar-refractivity contribution >= 4 is 5.97 Å². The minimum Gasteiger partial charge on any atom is -0.480 e. The van der Waals surface area contributed by atoms with Gasteiger partial charge in [0.2, 0.25) is 0 Å². The van der Waals surface area contributed by atoms with E-state index in [4.69, 9.17) is 0 Å². The average molecular weight is 283 g/mol. The van der Waals surface area contributed by atoms with Crippen molar-refractivity contribution in [2.75, 3.05) is 34.2 Å². The first-order chi connectivity index (χ1) is 9.48. The van der Waals surface area contributed by atoms with Crippen molar-refractivity contribution in [2.45, 2.75) is 56.1 Å². The van der Waals surface area contributed by atoms with Gasteiger partial charge in [-0.15, -0.1) is 0 Å². The summed E-state index contributed by atoms with van der Waals surface area (Å²) in [5.41, 5.74) is -0.714. The van der Waals surface area contributed by atoms with Gasteiger partial charge in [0.05, 0.1) is 0 Å². The van der Waals surface area contributed by atoms with E-state index in [1.54, 1.807) is 7.05 Å². The smallest absolute Gasteiger partial charge is 0.323 e. The van der Waals surface area contributed by atoms with Crippen molar-refractivity contribution in [2.24, 2.45) is 0 Å². The number of nitrogens with zero attached hydrogens (tertiary/aromatic N) is 2. The number of carbonyl (C=O) groups is 1. The van der Waals surface area contributed by atoms with Gasteiger partial charge in [-0.2, -0.15) is 0 Å². The molecule has 0 aromatic carbocycles. The Bertz CT molecular complexity index is 348. The molecule has 0 radical (unpaired) electrons. The Hall–Kier alpha value is -0.650. The summed E-state index contributed by atoms with van der Waals surface area (Å²) in [5, 5.41) is 12.7. The lowest BCUT2D eigenvalue weighted by molar-refractivity contribution is -0.147. The van der Waals surface area contributed by atoms with E-state index in [1.165, 1.54) is 12.8 Å². The van der Waals surface area contributed by atoms with E-state index in [9.17, 15) is 9.90 Å². The Morgan fingerprint density at radius 1 is 1.40 bits per heavy atom. The highest BCUT2D eigenvalue weighted by Gasteiger charge is 2.44. The molecule has 3 atom stereocenters. The molecule has 2 fully saturated rings. The lowest BCUT2D eigenvalue weighted by Crippen LogP contribution is -2.58. The molecule has 116 valence electrons. The van der Waals surface area contributed by atoms with Gasteiger partial charge < -0.3 is 15.3 Å². The van der Waals surface area contributed by atoms with E-state index in [0.29, 0.717) is 12.1 Å². The molecule has 20 heavy (non-hydrogen) atoms. The van der Waals surface area contributed by atoms with E-state index in [-0.39, 0.29) is 0 Å². The summed E-state index contributed by atoms with van der Waals surface area (Å²) in [5.74, 6) is -0.687. The van der Waals surface area contributed by atoms with Crippen molar-refractivity contribution < 1.29 is 9.90 Å². The normalized spacial score (nSPS) is 35.6. The summed E-state index contributed by atoms with van der Waals surface area (Å²) >= 11 is 0. The Kier molecular flexibility index (Phi) is 5.04. The summed E-state index contributed by atoms with van der Waals surface area (Å²) in [4.78, 5) is 16.5. The van der Waals surface area contributed by atoms with Crippen LogP contribution in [0.25, 0.3) is 0 Å². The van der Waals surface area contributed by atoms with Crippen molar-refractivity contribution in [1.82, 2.24) is 15.1 Å². The maximum atomic E-state index is 11.6. The van der Waals surface area contributed by atoms with Crippen molar-refractivity contribution in [3.8, 4) is 0 Å². The van der Waals surface area contributed by atoms with Crippen LogP contribution in [0.4, 0.5) is 0 Å². The predicted octanol–water partition coefficient (Wildman–Crippen LogP) is 0.998. The topological polar surface area (TPSA) is 55.8 Å². The molecule has 0 spiro atoms. The lowest BCUT2D eigenvalue weighted by atomic mass is 9.78. The fourth-order valence-electron chi connectivity index (χ4n) is 4.01. The molecule has 1 saturated heterocycles. The molecule has 1 aliphatic carbocycles. The number of rotatable bonds is 5. The van der Waals surface area contributed by atoms with Crippen molar-refractivity contribution in [1.29, 1.82) is 0 Å². The SMILES string of the molecule is CNC1(C(=O)O)CCCC(N2CCCC2CN(C)C)C1. The molecule has 2 rings (SSSR count). The number of hydrogen-bond donors (Lipinski definition) is 2. The van der Waals surface area contributed by atoms with Crippen LogP contribution in [-0.2, 0) is 4.79 Å². The molecule has 0 amide bonds. The lowest BCUT2D eigenvalue weighted by Gasteiger charge is -2.43. The minimum atomic E-state index is -0.714. The van der Waals surface area contributed by atoms with Crippen LogP contribution in [0.2, 0.25) is 0 Å². The second-order valence-corrected chi connectivity index (χ2v) is 6.68. The van der Waals surface area contributed by atoms with Gasteiger partial charge in [0, 0.05) is 18.6 Å². The third-order valence-electron chi connectivity index (χ3n) is 5.08. The molecule has 1 aliphatic heterocycles. The summed E-state index contributed by atoms with van der Waals surface area (Å²) in [6.07, 6.45) is 6.12. The number of likely N-dealkylation sites (tertiary alicyclic amines) is 1. The number of hydrogen-bond acceptors (Lipinski definition) is 4. The first kappa shape index (κ1) is 15.7. The van der Waals surface area contributed by atoms with Crippen molar-refractivity contribution in [3.05, 3.63) is 0 Å². The van der Waals surface area contributed by atoms with E-state index in [0.717, 1.165) is 38.8 Å². The largest absolute Gasteiger partial charge is 0.480 e. The van der Waals surface area contributed by atoms with Crippen LogP contribution in [0.1, 0.15) is 38.5 Å². The van der Waals surface area contributed by atoms with Crippen LogP contribution < -0.4 is 5.32 Å². The Balaban J connectivity index is 2.06. The third kappa shape index (κ3) is 3.15. The third-order valence-corrected chi connectivity index (χ3v) is 5.08.